The molecule has 4 rings (SSSR count). The van der Waals surface area contributed by atoms with Gasteiger partial charge in [-0.2, -0.15) is 0 Å². The molecule has 0 spiro atoms. The minimum absolute atomic E-state index is 0.833. The summed E-state index contributed by atoms with van der Waals surface area (Å²) in [5.41, 5.74) is 2.53. The van der Waals surface area contributed by atoms with E-state index in [0.717, 1.165) is 29.0 Å². The number of likely N-dealkylation sites (tertiary alicyclic amines) is 1. The molecule has 1 N–H and O–H groups in total. The fourth-order valence-corrected chi connectivity index (χ4v) is 3.83. The van der Waals surface area contributed by atoms with E-state index in [1.807, 2.05) is 0 Å². The molecule has 0 amide bonds. The number of hydrogen-bond donors (Lipinski definition) is 1. The highest BCUT2D eigenvalue weighted by molar-refractivity contribution is 7.99. The summed E-state index contributed by atoms with van der Waals surface area (Å²) in [6, 6.07) is 6.70. The van der Waals surface area contributed by atoms with Gasteiger partial charge in [0.1, 0.15) is 5.03 Å². The molecule has 3 heterocycles. The van der Waals surface area contributed by atoms with Gasteiger partial charge in [0, 0.05) is 23.8 Å². The third-order valence-corrected chi connectivity index (χ3v) is 5.09. The molecule has 0 radical (unpaired) electrons. The molecule has 1 saturated heterocycles. The molecule has 2 aromatic rings. The molecule has 2 aliphatic rings. The maximum atomic E-state index is 4.36. The van der Waals surface area contributed by atoms with Gasteiger partial charge in [-0.25, -0.2) is 9.97 Å². The number of nitrogens with zero attached hydrogens (tertiary/aromatic N) is 3. The molecule has 2 aliphatic heterocycles. The number of hydrogen-bond acceptors (Lipinski definition) is 5. The maximum absolute atomic E-state index is 4.36. The van der Waals surface area contributed by atoms with Gasteiger partial charge in [0.2, 0.25) is 0 Å². The number of fused-ring (bicyclic) bond motifs is 2. The van der Waals surface area contributed by atoms with Crippen molar-refractivity contribution in [1.29, 1.82) is 0 Å². The van der Waals surface area contributed by atoms with Crippen molar-refractivity contribution in [1.82, 2.24) is 14.9 Å². The molecule has 5 heteroatoms. The van der Waals surface area contributed by atoms with Crippen LogP contribution in [0.25, 0.3) is 0 Å². The van der Waals surface area contributed by atoms with Gasteiger partial charge >= 0.3 is 0 Å². The van der Waals surface area contributed by atoms with Crippen molar-refractivity contribution in [3.8, 4) is 0 Å². The number of anilines is 2. The van der Waals surface area contributed by atoms with Crippen molar-refractivity contribution in [3.05, 3.63) is 36.2 Å². The van der Waals surface area contributed by atoms with Crippen LogP contribution in [0.5, 0.6) is 0 Å². The third-order valence-electron chi connectivity index (χ3n) is 4.02. The summed E-state index contributed by atoms with van der Waals surface area (Å²) in [6.45, 7) is 10.0. The summed E-state index contributed by atoms with van der Waals surface area (Å²) in [5, 5.41) is 4.36. The van der Waals surface area contributed by atoms with Crippen LogP contribution in [-0.2, 0) is 6.54 Å². The highest BCUT2D eigenvalue weighted by atomic mass is 32.2. The van der Waals surface area contributed by atoms with E-state index in [1.54, 1.807) is 24.2 Å². The fourth-order valence-electron chi connectivity index (χ4n) is 2.96. The largest absolute Gasteiger partial charge is 0.337 e. The number of nitrogens with one attached hydrogen (secondary N) is 1. The summed E-state index contributed by atoms with van der Waals surface area (Å²) >= 11 is 1.69. The Bertz CT molecular complexity index is 693. The van der Waals surface area contributed by atoms with Crippen LogP contribution >= 0.6 is 11.8 Å². The van der Waals surface area contributed by atoms with Crippen LogP contribution in [0, 0.1) is 5.92 Å². The average molecular weight is 357 g/mol. The van der Waals surface area contributed by atoms with Crippen LogP contribution in [0.2, 0.25) is 0 Å². The SMILES string of the molecule is CC(C)C.c1cnc2c(n1)Nc1cc(CN3CCCCC3)ccc1S2. The number of rotatable bonds is 2. The van der Waals surface area contributed by atoms with Crippen LogP contribution in [0.15, 0.2) is 40.5 Å². The summed E-state index contributed by atoms with van der Waals surface area (Å²) in [7, 11) is 0. The molecule has 134 valence electrons. The summed E-state index contributed by atoms with van der Waals surface area (Å²) in [5.74, 6) is 1.70. The van der Waals surface area contributed by atoms with Crippen molar-refractivity contribution in [2.45, 2.75) is 56.5 Å². The first-order valence-corrected chi connectivity index (χ1v) is 10.0. The minimum Gasteiger partial charge on any atom is -0.337 e. The highest BCUT2D eigenvalue weighted by Crippen LogP contribution is 2.42. The summed E-state index contributed by atoms with van der Waals surface area (Å²) in [4.78, 5) is 12.5. The Kier molecular flexibility index (Phi) is 6.32. The maximum Gasteiger partial charge on any atom is 0.163 e. The van der Waals surface area contributed by atoms with E-state index >= 15 is 0 Å². The van der Waals surface area contributed by atoms with Gasteiger partial charge in [0.05, 0.1) is 5.69 Å². The molecular weight excluding hydrogens is 328 g/mol. The van der Waals surface area contributed by atoms with E-state index in [0.29, 0.717) is 0 Å². The molecular formula is C20H28N4S. The summed E-state index contributed by atoms with van der Waals surface area (Å²) in [6.07, 6.45) is 7.52. The van der Waals surface area contributed by atoms with Gasteiger partial charge < -0.3 is 5.32 Å². The predicted octanol–water partition coefficient (Wildman–Crippen LogP) is 5.33. The molecule has 0 bridgehead atoms. The van der Waals surface area contributed by atoms with Gasteiger partial charge in [-0.3, -0.25) is 4.90 Å². The first-order valence-electron chi connectivity index (χ1n) is 9.23. The average Bonchev–Trinajstić information content (AvgIpc) is 2.60. The van der Waals surface area contributed by atoms with E-state index in [9.17, 15) is 0 Å². The number of piperidine rings is 1. The van der Waals surface area contributed by atoms with Crippen molar-refractivity contribution >= 4 is 23.3 Å². The van der Waals surface area contributed by atoms with Gasteiger partial charge in [-0.1, -0.05) is 45.0 Å². The lowest BCUT2D eigenvalue weighted by Crippen LogP contribution is -2.29. The van der Waals surface area contributed by atoms with E-state index in [-0.39, 0.29) is 0 Å². The molecule has 1 aromatic carbocycles. The van der Waals surface area contributed by atoms with Crippen LogP contribution < -0.4 is 5.32 Å². The molecule has 25 heavy (non-hydrogen) atoms. The van der Waals surface area contributed by atoms with Crippen LogP contribution in [0.3, 0.4) is 0 Å². The standard InChI is InChI=1S/C16H18N4S.C4H10/c1-2-8-20(9-3-1)11-12-4-5-14-13(10-12)19-15-16(21-14)18-7-6-17-15;1-4(2)3/h4-7,10H,1-3,8-9,11H2,(H,17,19);4H,1-3H3. The zero-order valence-electron chi connectivity index (χ0n) is 15.5. The number of aromatic nitrogens is 2. The second-order valence-corrected chi connectivity index (χ2v) is 8.37. The van der Waals surface area contributed by atoms with Crippen molar-refractivity contribution in [2.24, 2.45) is 5.92 Å². The molecule has 0 atom stereocenters. The second-order valence-electron chi connectivity index (χ2n) is 7.34. The highest BCUT2D eigenvalue weighted by Gasteiger charge is 2.18. The lowest BCUT2D eigenvalue weighted by atomic mass is 10.1. The predicted molar refractivity (Wildman–Crippen MR) is 106 cm³/mol. The molecule has 1 fully saturated rings. The van der Waals surface area contributed by atoms with Gasteiger partial charge in [-0.05, 0) is 49.5 Å². The topological polar surface area (TPSA) is 41.1 Å². The van der Waals surface area contributed by atoms with E-state index in [1.165, 1.54) is 42.8 Å². The molecule has 0 unspecified atom stereocenters. The lowest BCUT2D eigenvalue weighted by Gasteiger charge is -2.27. The van der Waals surface area contributed by atoms with Gasteiger partial charge in [0.25, 0.3) is 0 Å². The normalized spacial score (nSPS) is 16.3. The van der Waals surface area contributed by atoms with Crippen molar-refractivity contribution in [3.63, 3.8) is 0 Å². The smallest absolute Gasteiger partial charge is 0.163 e. The fraction of sp³-hybridized carbons (Fsp3) is 0.500. The van der Waals surface area contributed by atoms with E-state index in [4.69, 9.17) is 0 Å². The first kappa shape index (κ1) is 18.2. The Balaban J connectivity index is 0.000000415. The Morgan fingerprint density at radius 3 is 2.56 bits per heavy atom. The molecule has 1 aromatic heterocycles. The molecule has 0 aliphatic carbocycles. The third kappa shape index (κ3) is 5.19. The van der Waals surface area contributed by atoms with Crippen LogP contribution in [0.1, 0.15) is 45.6 Å². The zero-order valence-corrected chi connectivity index (χ0v) is 16.3. The van der Waals surface area contributed by atoms with Gasteiger partial charge in [-0.15, -0.1) is 0 Å². The quantitative estimate of drug-likeness (QED) is 0.672. The minimum atomic E-state index is 0.833. The van der Waals surface area contributed by atoms with Gasteiger partial charge in [0.15, 0.2) is 5.82 Å². The van der Waals surface area contributed by atoms with Crippen LogP contribution in [-0.4, -0.2) is 28.0 Å². The first-order chi connectivity index (χ1) is 12.1. The Morgan fingerprint density at radius 2 is 1.80 bits per heavy atom. The lowest BCUT2D eigenvalue weighted by molar-refractivity contribution is 0.221. The Labute approximate surface area is 155 Å². The monoisotopic (exact) mass is 356 g/mol. The van der Waals surface area contributed by atoms with Crippen molar-refractivity contribution in [2.75, 3.05) is 18.4 Å². The Hall–Kier alpha value is -1.59. The van der Waals surface area contributed by atoms with E-state index in [2.05, 4.69) is 59.2 Å². The van der Waals surface area contributed by atoms with Crippen molar-refractivity contribution < 1.29 is 0 Å². The van der Waals surface area contributed by atoms with Crippen LogP contribution in [0.4, 0.5) is 11.5 Å². The second kappa shape index (κ2) is 8.68. The number of benzene rings is 1. The van der Waals surface area contributed by atoms with E-state index < -0.39 is 0 Å². The molecule has 4 nitrogen and oxygen atoms in total. The Morgan fingerprint density at radius 1 is 1.08 bits per heavy atom. The molecule has 0 saturated carbocycles. The zero-order chi connectivity index (χ0) is 17.6. The summed E-state index contributed by atoms with van der Waals surface area (Å²) < 4.78 is 0.